The molecular weight excluding hydrogens is 1760 g/mol. The highest BCUT2D eigenvalue weighted by Gasteiger charge is 2.57. The number of rotatable bonds is 0. The minimum Gasteiger partial charge on any atom is -0.296 e. The molecule has 32 bridgehead atoms. The summed E-state index contributed by atoms with van der Waals surface area (Å²) in [6.45, 7) is 53.8. The van der Waals surface area contributed by atoms with E-state index in [9.17, 15) is 0 Å². The molecule has 0 unspecified atom stereocenters. The van der Waals surface area contributed by atoms with Crippen molar-refractivity contribution in [3.63, 3.8) is 0 Å². The number of hydrogen-bond acceptors (Lipinski definition) is 8. The van der Waals surface area contributed by atoms with Gasteiger partial charge in [-0.3, -0.25) is 73.6 Å². The number of nitrogens with zero attached hydrogens (tertiary/aromatic N) is 16. The molecule has 0 aromatic heterocycles. The van der Waals surface area contributed by atoms with Gasteiger partial charge in [-0.1, -0.05) is 234 Å². The zero-order valence-corrected chi connectivity index (χ0v) is 84.7. The molecule has 16 nitrogen and oxygen atoms in total. The van der Waals surface area contributed by atoms with Crippen LogP contribution in [0.3, 0.4) is 0 Å². The Labute approximate surface area is 789 Å². The van der Waals surface area contributed by atoms with Crippen molar-refractivity contribution in [2.75, 3.05) is 52.4 Å². The summed E-state index contributed by atoms with van der Waals surface area (Å²) >= 11 is 56.1. The van der Waals surface area contributed by atoms with E-state index in [1.807, 2.05) is 0 Å². The Morgan fingerprint density at radius 1 is 0.194 bits per heavy atom. The van der Waals surface area contributed by atoms with Crippen LogP contribution in [0.5, 0.6) is 0 Å². The zero-order chi connectivity index (χ0) is 87.0. The van der Waals surface area contributed by atoms with Gasteiger partial charge in [0.1, 0.15) is 0 Å². The van der Waals surface area contributed by atoms with Gasteiger partial charge in [-0.15, -0.1) is 0 Å². The topological polar surface area (TPSA) is 51.8 Å². The van der Waals surface area contributed by atoms with Crippen LogP contribution in [0.15, 0.2) is 109 Å². The highest BCUT2D eigenvalue weighted by atomic mass is 32.2. The standard InChI is InChI=1S/C96H116N16S12/c1-91(2,3)73-29-57-19-58(30-73)22-70-43-99-81(115)107-51-63-27-67(39-77(35-63)95(13,14)15)55-111-85(119)103-47-72(48-104-86(120)112(124(111)90(103)104)56-68-28-64(36-78(40-68)96(16,17)18)52-108-82(116)100(44-70)88(99)122(107)108)24-60-20-59(31-74(32-60)92(4,5)6)23-71-45-101-83(117)109-53-65-25-61(33-75(37-65)93(7,8)9)49-105-79(113)97-41-69(21-57)42-98-80(114)106(121(105)87(97)98)50-62-26-66(38-76(34-62)94(10,11)12)54-110-84(118)102(46-71)89(101)123(109)110/h19-20,25-40,69-72H,21-24,41-56H2,1-18H3. The molecule has 0 aliphatic carbocycles. The summed E-state index contributed by atoms with van der Waals surface area (Å²) in [5, 5.41) is 11.9. The van der Waals surface area contributed by atoms with E-state index >= 15 is 0 Å². The first-order valence-corrected chi connectivity index (χ1v) is 52.2. The molecule has 28 heteroatoms. The van der Waals surface area contributed by atoms with Crippen molar-refractivity contribution >= 4 is 203 Å². The molecule has 18 aliphatic rings. The van der Waals surface area contributed by atoms with Gasteiger partial charge in [-0.25, -0.2) is 0 Å². The number of hydrogen-bond donors (Lipinski definition) is 0. The summed E-state index contributed by atoms with van der Waals surface area (Å²) < 4.78 is 20.4. The Morgan fingerprint density at radius 3 is 0.444 bits per heavy atom. The van der Waals surface area contributed by atoms with Crippen LogP contribution in [0.4, 0.5) is 0 Å². The molecule has 4 saturated heterocycles. The zero-order valence-electron chi connectivity index (χ0n) is 74.9. The van der Waals surface area contributed by atoms with Gasteiger partial charge in [0.05, 0.1) is 95.8 Å². The van der Waals surface area contributed by atoms with E-state index in [4.69, 9.17) is 97.7 Å². The fraction of sp³-hybridized carbons (Fsp3) is 0.500. The molecule has 0 N–H and O–H groups in total. The summed E-state index contributed by atoms with van der Waals surface area (Å²) in [5.41, 5.74) is 22.3. The molecule has 6 aromatic carbocycles. The minimum atomic E-state index is -0.627. The summed E-state index contributed by atoms with van der Waals surface area (Å²) in [6.07, 6.45) is 3.48. The molecule has 18 heterocycles. The highest BCUT2D eigenvalue weighted by Crippen LogP contribution is 2.54. The largest absolute Gasteiger partial charge is 0.296 e. The van der Waals surface area contributed by atoms with Crippen LogP contribution in [0, 0.1) is 23.7 Å². The molecule has 0 saturated carbocycles. The third kappa shape index (κ3) is 14.4. The number of thiocarbonyl (C=S) groups is 8. The van der Waals surface area contributed by atoms with Crippen LogP contribution in [0.1, 0.15) is 225 Å². The molecule has 24 rings (SSSR count). The molecule has 124 heavy (non-hydrogen) atoms. The first-order chi connectivity index (χ1) is 58.4. The maximum absolute atomic E-state index is 7.01. The second-order valence-corrected chi connectivity index (χ2v) is 53.7. The van der Waals surface area contributed by atoms with Gasteiger partial charge in [0.2, 0.25) is 0 Å². The average Bonchev–Trinajstić information content (AvgIpc) is 1.57. The predicted molar refractivity (Wildman–Crippen MR) is 549 cm³/mol. The second-order valence-electron chi connectivity index (χ2n) is 43.6. The Bertz CT molecular complexity index is 5010. The first kappa shape index (κ1) is 84.6. The Balaban J connectivity index is 0.715. The van der Waals surface area contributed by atoms with Crippen LogP contribution in [-0.4, -0.2) is 187 Å². The van der Waals surface area contributed by atoms with Crippen molar-refractivity contribution in [3.8, 4) is 0 Å². The van der Waals surface area contributed by atoms with Gasteiger partial charge in [-0.05, 0) is 280 Å². The molecule has 6 aromatic rings. The van der Waals surface area contributed by atoms with Gasteiger partial charge in [-0.2, -0.15) is 0 Å². The quantitative estimate of drug-likeness (QED) is 0.136. The Hall–Kier alpha value is -6.28. The monoisotopic (exact) mass is 1880 g/mol. The van der Waals surface area contributed by atoms with Crippen molar-refractivity contribution in [1.82, 2.24) is 73.6 Å². The van der Waals surface area contributed by atoms with E-state index in [1.54, 1.807) is 0 Å². The maximum Gasteiger partial charge on any atom is 0.189 e. The lowest BCUT2D eigenvalue weighted by atomic mass is 9.82. The summed E-state index contributed by atoms with van der Waals surface area (Å²) in [5.74, 6) is 0.823. The van der Waals surface area contributed by atoms with Gasteiger partial charge in [0.15, 0.2) is 61.3 Å². The van der Waals surface area contributed by atoms with Crippen molar-refractivity contribution < 1.29 is 0 Å². The molecule has 0 spiro atoms. The first-order valence-electron chi connectivity index (χ1n) is 44.4. The maximum atomic E-state index is 7.01. The lowest BCUT2D eigenvalue weighted by molar-refractivity contribution is 0.296. The lowest BCUT2D eigenvalue weighted by Crippen LogP contribution is -2.56. The van der Waals surface area contributed by atoms with Gasteiger partial charge in [0, 0.05) is 52.4 Å². The van der Waals surface area contributed by atoms with Crippen molar-refractivity contribution in [1.29, 1.82) is 0 Å². The van der Waals surface area contributed by atoms with E-state index in [1.165, 1.54) is 121 Å². The van der Waals surface area contributed by atoms with E-state index in [2.05, 4.69) is 307 Å². The van der Waals surface area contributed by atoms with E-state index in [0.717, 1.165) is 119 Å². The molecule has 0 radical (unpaired) electrons. The minimum absolute atomic E-state index is 0.113. The molecule has 652 valence electrons. The fourth-order valence-corrected chi connectivity index (χ4v) is 34.6. The van der Waals surface area contributed by atoms with Crippen molar-refractivity contribution in [2.45, 2.75) is 235 Å². The average molecular weight is 1880 g/mol. The third-order valence-corrected chi connectivity index (χ3v) is 40.7. The molecule has 0 atom stereocenters. The van der Waals surface area contributed by atoms with Crippen molar-refractivity contribution in [2.24, 2.45) is 23.7 Å². The fourth-order valence-electron chi connectivity index (χ4n) is 21.1. The normalized spacial score (nSPS) is 25.6. The summed E-state index contributed by atoms with van der Waals surface area (Å²) in [6, 6.07) is 44.7. The molecule has 0 amide bonds. The second kappa shape index (κ2) is 29.6. The smallest absolute Gasteiger partial charge is 0.189 e. The highest BCUT2D eigenvalue weighted by molar-refractivity contribution is 8.16. The molecule has 4 fully saturated rings. The molecular formula is C96H116N16S12. The van der Waals surface area contributed by atoms with Gasteiger partial charge >= 0.3 is 0 Å². The van der Waals surface area contributed by atoms with Gasteiger partial charge < -0.3 is 0 Å². The van der Waals surface area contributed by atoms with Crippen LogP contribution >= 0.6 is 141 Å². The molecule has 18 aliphatic heterocycles. The van der Waals surface area contributed by atoms with E-state index in [0.29, 0.717) is 52.4 Å². The van der Waals surface area contributed by atoms with Crippen LogP contribution in [-0.2, 0) is 111 Å². The van der Waals surface area contributed by atoms with Crippen molar-refractivity contribution in [3.05, 3.63) is 209 Å². The predicted octanol–water partition coefficient (Wildman–Crippen LogP) is 18.7. The lowest BCUT2D eigenvalue weighted by Gasteiger charge is -2.41. The van der Waals surface area contributed by atoms with E-state index in [-0.39, 0.29) is 56.2 Å². The summed E-state index contributed by atoms with van der Waals surface area (Å²) in [4.78, 5) is 20.1. The van der Waals surface area contributed by atoms with Crippen LogP contribution in [0.2, 0.25) is 0 Å². The van der Waals surface area contributed by atoms with Gasteiger partial charge in [0.25, 0.3) is 0 Å². The Kier molecular flexibility index (Phi) is 20.2. The Morgan fingerprint density at radius 2 is 0.315 bits per heavy atom. The van der Waals surface area contributed by atoms with E-state index < -0.39 is 43.4 Å². The van der Waals surface area contributed by atoms with Crippen LogP contribution < -0.4 is 0 Å². The third-order valence-electron chi connectivity index (χ3n) is 27.5. The summed E-state index contributed by atoms with van der Waals surface area (Å²) in [7, 11) is -2.51. The SMILES string of the molecule is CC(C)(C)c1cc2cc(c1)CC1CN3C(=S)N4Cc5cc(cc(C(C)(C)C)c5)CN5C(=S)N6CC(Cc7cc(cc(C(C)(C)C)c7)CC7CN8C(=S)N9Cc%10cc(cc(C(C)(C)C)c%10)CN%10C(=S)N%11CC(C2)CN2C(=S)N(Cc%12cc(cc(C(C)(C)C)c%12)CN%12C(=S)N(C7)C8=S9%12)S%10=C%112)CN2C(=S)N(Cc7cc(cc(C(C)(C)C)c7)CN7C(=S)N(C1)C3=S47)S5=C62. The van der Waals surface area contributed by atoms with Crippen LogP contribution in [0.25, 0.3) is 0 Å². The number of benzene rings is 6.